The van der Waals surface area contributed by atoms with Crippen molar-refractivity contribution in [2.45, 2.75) is 0 Å². The van der Waals surface area contributed by atoms with Gasteiger partial charge < -0.3 is 4.55 Å². The van der Waals surface area contributed by atoms with Gasteiger partial charge in [-0.2, -0.15) is 0 Å². The first kappa shape index (κ1) is 6.10. The average Bonchev–Trinajstić information content (AvgIpc) is 1.38. The van der Waals surface area contributed by atoms with E-state index in [1.54, 1.807) is 6.26 Å². The number of rotatable bonds is 1. The smallest absolute Gasteiger partial charge is 0.462 e. The SMILES string of the molecule is C[S+]([O-])BI. The van der Waals surface area contributed by atoms with E-state index >= 15 is 0 Å². The normalized spacial score (nSPS) is 14.2. The zero-order valence-electron chi connectivity index (χ0n) is 2.90. The molecule has 0 amide bonds. The van der Waals surface area contributed by atoms with Gasteiger partial charge in [-0.3, -0.25) is 0 Å². The highest BCUT2D eigenvalue weighted by Crippen LogP contribution is 1.83. The Labute approximate surface area is 48.7 Å². The fourth-order valence-electron chi connectivity index (χ4n) is 0. The summed E-state index contributed by atoms with van der Waals surface area (Å²) in [5, 5.41) is 0. The molecule has 0 bridgehead atoms. The molecule has 5 heavy (non-hydrogen) atoms. The van der Waals surface area contributed by atoms with Crippen molar-refractivity contribution in [2.24, 2.45) is 0 Å². The van der Waals surface area contributed by atoms with Gasteiger partial charge in [-0.05, 0) is 0 Å². The number of halogens is 1. The molecule has 1 unspecified atom stereocenters. The minimum atomic E-state index is -0.586. The maximum atomic E-state index is 9.92. The molecule has 0 rings (SSSR count). The zero-order chi connectivity index (χ0) is 4.28. The van der Waals surface area contributed by atoms with Crippen LogP contribution in [0.1, 0.15) is 0 Å². The monoisotopic (exact) mass is 202 g/mol. The lowest BCUT2D eigenvalue weighted by atomic mass is 10.8. The van der Waals surface area contributed by atoms with Crippen LogP contribution in [-0.2, 0) is 11.0 Å². The Balaban J connectivity index is 2.54. The molecule has 0 radical (unpaired) electrons. The van der Waals surface area contributed by atoms with E-state index in [1.165, 1.54) is 0 Å². The molecule has 0 fully saturated rings. The largest absolute Gasteiger partial charge is 0.635 e. The molecule has 0 saturated carbocycles. The Morgan fingerprint density at radius 1 is 2.00 bits per heavy atom. The maximum absolute atomic E-state index is 9.92. The topological polar surface area (TPSA) is 23.1 Å². The molecular formula is CH4BIOS. The summed E-state index contributed by atoms with van der Waals surface area (Å²) in [6.45, 7) is 0. The highest BCUT2D eigenvalue weighted by molar-refractivity contribution is 14.1. The Morgan fingerprint density at radius 2 is 2.20 bits per heavy atom. The van der Waals surface area contributed by atoms with Crippen molar-refractivity contribution in [3.63, 3.8) is 0 Å². The molecule has 0 spiro atoms. The third kappa shape index (κ3) is 5.10. The summed E-state index contributed by atoms with van der Waals surface area (Å²) in [4.78, 5) is 0. The summed E-state index contributed by atoms with van der Waals surface area (Å²) in [6.07, 6.45) is 1.69. The zero-order valence-corrected chi connectivity index (χ0v) is 5.88. The van der Waals surface area contributed by atoms with Crippen molar-refractivity contribution in [3.8, 4) is 0 Å². The van der Waals surface area contributed by atoms with Crippen molar-refractivity contribution in [1.82, 2.24) is 0 Å². The first-order valence-corrected chi connectivity index (χ1v) is 4.38. The van der Waals surface area contributed by atoms with Gasteiger partial charge in [0.25, 0.3) is 0 Å². The molecule has 1 atom stereocenters. The Hall–Kier alpha value is 1.10. The van der Waals surface area contributed by atoms with Crippen molar-refractivity contribution in [2.75, 3.05) is 6.26 Å². The second-order valence-electron chi connectivity index (χ2n) is 0.682. The van der Waals surface area contributed by atoms with Crippen molar-refractivity contribution in [1.29, 1.82) is 0 Å². The van der Waals surface area contributed by atoms with Crippen LogP contribution in [0.5, 0.6) is 0 Å². The van der Waals surface area contributed by atoms with Gasteiger partial charge >= 0.3 is 4.41 Å². The van der Waals surface area contributed by atoms with Gasteiger partial charge in [0.1, 0.15) is 0 Å². The molecule has 0 saturated heterocycles. The molecule has 0 heterocycles. The van der Waals surface area contributed by atoms with Crippen molar-refractivity contribution in [3.05, 3.63) is 0 Å². The summed E-state index contributed by atoms with van der Waals surface area (Å²) in [7, 11) is 0. The van der Waals surface area contributed by atoms with Crippen LogP contribution in [-0.4, -0.2) is 15.2 Å². The van der Waals surface area contributed by atoms with Gasteiger partial charge in [-0.25, -0.2) is 0 Å². The van der Waals surface area contributed by atoms with Crippen molar-refractivity contribution < 1.29 is 4.55 Å². The summed E-state index contributed by atoms with van der Waals surface area (Å²) < 4.78 is 10.7. The molecule has 0 N–H and O–H groups in total. The van der Waals surface area contributed by atoms with E-state index in [1.807, 2.05) is 0 Å². The van der Waals surface area contributed by atoms with E-state index in [4.69, 9.17) is 0 Å². The quantitative estimate of drug-likeness (QED) is 0.335. The molecule has 1 nitrogen and oxygen atoms in total. The summed E-state index contributed by atoms with van der Waals surface area (Å²) in [5.41, 5.74) is 0. The molecule has 0 aromatic carbocycles. The standard InChI is InChI=1S/CH4BIOS/c1-5(4)2-3/h2H,1H3. The van der Waals surface area contributed by atoms with Crippen LogP contribution in [0.15, 0.2) is 0 Å². The first-order valence-electron chi connectivity index (χ1n) is 1.13. The van der Waals surface area contributed by atoms with E-state index in [-0.39, 0.29) is 0 Å². The van der Waals surface area contributed by atoms with Crippen LogP contribution < -0.4 is 0 Å². The van der Waals surface area contributed by atoms with Crippen LogP contribution >= 0.6 is 22.4 Å². The minimum absolute atomic E-state index is 0.586. The van der Waals surface area contributed by atoms with Gasteiger partial charge in [0.2, 0.25) is 0 Å². The summed E-state index contributed by atoms with van der Waals surface area (Å²) >= 11 is 1.49. The predicted octanol–water partition coefficient (Wildman–Crippen LogP) is 0.0664. The minimum Gasteiger partial charge on any atom is -0.635 e. The van der Waals surface area contributed by atoms with Crippen LogP contribution in [0, 0.1) is 0 Å². The maximum Gasteiger partial charge on any atom is 0.462 e. The molecular weight excluding hydrogens is 198 g/mol. The highest BCUT2D eigenvalue weighted by Gasteiger charge is 1.90. The molecule has 0 aliphatic carbocycles. The Morgan fingerprint density at radius 3 is 2.20 bits per heavy atom. The third-order valence-corrected chi connectivity index (χ3v) is 3.09. The van der Waals surface area contributed by atoms with Gasteiger partial charge in [0.05, 0.1) is 6.26 Å². The average molecular weight is 202 g/mol. The van der Waals surface area contributed by atoms with Crippen LogP contribution in [0.2, 0.25) is 0 Å². The van der Waals surface area contributed by atoms with E-state index in [0.717, 1.165) is 4.41 Å². The second-order valence-corrected chi connectivity index (χ2v) is 3.92. The van der Waals surface area contributed by atoms with Crippen LogP contribution in [0.4, 0.5) is 0 Å². The molecule has 4 heteroatoms. The predicted molar refractivity (Wildman–Crippen MR) is 35.2 cm³/mol. The fraction of sp³-hybridized carbons (Fsp3) is 1.00. The molecule has 0 aliphatic rings. The molecule has 0 aliphatic heterocycles. The van der Waals surface area contributed by atoms with E-state index < -0.39 is 11.0 Å². The van der Waals surface area contributed by atoms with E-state index in [2.05, 4.69) is 22.4 Å². The highest BCUT2D eigenvalue weighted by atomic mass is 127. The van der Waals surface area contributed by atoms with Gasteiger partial charge in [-0.15, -0.1) is 11.0 Å². The van der Waals surface area contributed by atoms with Crippen LogP contribution in [0.3, 0.4) is 0 Å². The van der Waals surface area contributed by atoms with Crippen molar-refractivity contribution >= 4 is 37.8 Å². The second kappa shape index (κ2) is 3.30. The lowest BCUT2D eigenvalue weighted by Gasteiger charge is -1.93. The van der Waals surface area contributed by atoms with E-state index in [9.17, 15) is 4.55 Å². The fourth-order valence-corrected chi connectivity index (χ4v) is 0. The lowest BCUT2D eigenvalue weighted by Crippen LogP contribution is -1.98. The first-order chi connectivity index (χ1) is 2.27. The summed E-state index contributed by atoms with van der Waals surface area (Å²) in [6, 6.07) is 0. The van der Waals surface area contributed by atoms with E-state index in [0.29, 0.717) is 0 Å². The Kier molecular flexibility index (Phi) is 4.03. The van der Waals surface area contributed by atoms with Gasteiger partial charge in [0.15, 0.2) is 0 Å². The summed E-state index contributed by atoms with van der Waals surface area (Å²) in [5.74, 6) is 0. The van der Waals surface area contributed by atoms with Gasteiger partial charge in [-0.1, -0.05) is 22.4 Å². The van der Waals surface area contributed by atoms with Gasteiger partial charge in [0, 0.05) is 0 Å². The Bertz CT molecular complexity index is 25.6. The lowest BCUT2D eigenvalue weighted by molar-refractivity contribution is 0.613. The third-order valence-electron chi connectivity index (χ3n) is 0.154. The molecule has 0 aromatic heterocycles. The number of hydrogen-bond acceptors (Lipinski definition) is 1. The molecule has 30 valence electrons. The molecule has 0 aromatic rings. The number of hydrogen-bond donors (Lipinski definition) is 0. The van der Waals surface area contributed by atoms with Crippen LogP contribution in [0.25, 0.3) is 0 Å².